The zero-order valence-electron chi connectivity index (χ0n) is 12.0. The number of imide groups is 1. The highest BCUT2D eigenvalue weighted by Gasteiger charge is 2.37. The van der Waals surface area contributed by atoms with E-state index < -0.39 is 0 Å². The third-order valence-corrected chi connectivity index (χ3v) is 3.71. The molecular weight excluding hydrogens is 264 g/mol. The maximum Gasteiger partial charge on any atom is 0.266 e. The predicted octanol–water partition coefficient (Wildman–Crippen LogP) is 2.82. The van der Waals surface area contributed by atoms with Crippen LogP contribution >= 0.6 is 0 Å². The first-order valence-corrected chi connectivity index (χ1v) is 6.84. The monoisotopic (exact) mass is 280 g/mol. The van der Waals surface area contributed by atoms with Gasteiger partial charge < -0.3 is 5.73 Å². The lowest BCUT2D eigenvalue weighted by molar-refractivity contribution is 0.0926. The van der Waals surface area contributed by atoms with Gasteiger partial charge in [0.05, 0.1) is 16.8 Å². The first-order valence-electron chi connectivity index (χ1n) is 6.84. The molecule has 2 aromatic rings. The van der Waals surface area contributed by atoms with E-state index in [1.807, 2.05) is 32.0 Å². The van der Waals surface area contributed by atoms with Crippen LogP contribution in [0.2, 0.25) is 0 Å². The molecule has 4 heteroatoms. The highest BCUT2D eigenvalue weighted by atomic mass is 16.2. The molecule has 1 atom stereocenters. The maximum atomic E-state index is 12.6. The number of anilines is 1. The third kappa shape index (κ3) is 2.04. The van der Waals surface area contributed by atoms with Crippen molar-refractivity contribution in [3.63, 3.8) is 0 Å². The van der Waals surface area contributed by atoms with Crippen LogP contribution < -0.4 is 10.6 Å². The molecule has 1 heterocycles. The minimum atomic E-state index is -0.289. The van der Waals surface area contributed by atoms with Gasteiger partial charge in [-0.25, -0.2) is 4.90 Å². The number of fused-ring (bicyclic) bond motifs is 1. The third-order valence-electron chi connectivity index (χ3n) is 3.71. The summed E-state index contributed by atoms with van der Waals surface area (Å²) >= 11 is 0. The Labute approximate surface area is 123 Å². The molecule has 106 valence electrons. The molecule has 0 fully saturated rings. The smallest absolute Gasteiger partial charge is 0.266 e. The number of aryl methyl sites for hydroxylation is 1. The normalized spacial score (nSPS) is 15.3. The summed E-state index contributed by atoms with van der Waals surface area (Å²) in [6.07, 6.45) is 0. The average molecular weight is 280 g/mol. The van der Waals surface area contributed by atoms with Crippen molar-refractivity contribution in [1.82, 2.24) is 0 Å². The minimum Gasteiger partial charge on any atom is -0.324 e. The Hall–Kier alpha value is -2.46. The second-order valence-corrected chi connectivity index (χ2v) is 5.34. The molecule has 4 nitrogen and oxygen atoms in total. The van der Waals surface area contributed by atoms with Gasteiger partial charge in [-0.05, 0) is 37.6 Å². The standard InChI is InChI=1S/C17H16N2O2/c1-10-7-8-13-14(9-10)17(21)19(16(13)20)15-6-4-3-5-12(15)11(2)18/h3-9,11H,18H2,1-2H3. The minimum absolute atomic E-state index is 0.257. The van der Waals surface area contributed by atoms with Gasteiger partial charge in [0.15, 0.2) is 0 Å². The first-order chi connectivity index (χ1) is 10.0. The van der Waals surface area contributed by atoms with Crippen LogP contribution in [0.1, 0.15) is 44.8 Å². The van der Waals surface area contributed by atoms with E-state index in [1.54, 1.807) is 24.3 Å². The lowest BCUT2D eigenvalue weighted by Crippen LogP contribution is -2.31. The van der Waals surface area contributed by atoms with Gasteiger partial charge in [-0.2, -0.15) is 0 Å². The summed E-state index contributed by atoms with van der Waals surface area (Å²) in [6, 6.07) is 12.3. The predicted molar refractivity (Wildman–Crippen MR) is 81.4 cm³/mol. The lowest BCUT2D eigenvalue weighted by Gasteiger charge is -2.19. The molecule has 0 bridgehead atoms. The van der Waals surface area contributed by atoms with Gasteiger partial charge in [0.1, 0.15) is 0 Å². The molecule has 1 unspecified atom stereocenters. The number of carbonyl (C=O) groups is 2. The van der Waals surface area contributed by atoms with Gasteiger partial charge in [-0.15, -0.1) is 0 Å². The zero-order chi connectivity index (χ0) is 15.1. The van der Waals surface area contributed by atoms with Crippen molar-refractivity contribution in [3.05, 3.63) is 64.7 Å². The molecule has 2 aromatic carbocycles. The fourth-order valence-corrected chi connectivity index (χ4v) is 2.65. The van der Waals surface area contributed by atoms with Crippen LogP contribution in [0.15, 0.2) is 42.5 Å². The van der Waals surface area contributed by atoms with Gasteiger partial charge in [-0.3, -0.25) is 9.59 Å². The van der Waals surface area contributed by atoms with Crippen molar-refractivity contribution in [3.8, 4) is 0 Å². The largest absolute Gasteiger partial charge is 0.324 e. The second kappa shape index (κ2) is 4.82. The molecule has 0 spiro atoms. The van der Waals surface area contributed by atoms with E-state index in [9.17, 15) is 9.59 Å². The summed E-state index contributed by atoms with van der Waals surface area (Å²) in [5.41, 5.74) is 9.16. The van der Waals surface area contributed by atoms with E-state index in [0.29, 0.717) is 16.8 Å². The number of hydrogen-bond donors (Lipinski definition) is 1. The van der Waals surface area contributed by atoms with Gasteiger partial charge in [-0.1, -0.05) is 29.8 Å². The van der Waals surface area contributed by atoms with Crippen LogP contribution in [0.4, 0.5) is 5.69 Å². The lowest BCUT2D eigenvalue weighted by atomic mass is 10.1. The summed E-state index contributed by atoms with van der Waals surface area (Å²) in [5, 5.41) is 0. The van der Waals surface area contributed by atoms with Crippen LogP contribution in [0.5, 0.6) is 0 Å². The van der Waals surface area contributed by atoms with Crippen molar-refractivity contribution >= 4 is 17.5 Å². The number of para-hydroxylation sites is 1. The second-order valence-electron chi connectivity index (χ2n) is 5.34. The average Bonchev–Trinajstić information content (AvgIpc) is 2.70. The van der Waals surface area contributed by atoms with E-state index >= 15 is 0 Å². The fraction of sp³-hybridized carbons (Fsp3) is 0.176. The molecule has 0 aromatic heterocycles. The van der Waals surface area contributed by atoms with Crippen LogP contribution in [0, 0.1) is 6.92 Å². The van der Waals surface area contributed by atoms with Gasteiger partial charge in [0.2, 0.25) is 0 Å². The molecule has 0 saturated carbocycles. The van der Waals surface area contributed by atoms with E-state index in [-0.39, 0.29) is 17.9 Å². The number of amides is 2. The Morgan fingerprint density at radius 3 is 2.38 bits per heavy atom. The summed E-state index contributed by atoms with van der Waals surface area (Å²) in [7, 11) is 0. The maximum absolute atomic E-state index is 12.6. The number of hydrogen-bond acceptors (Lipinski definition) is 3. The Bertz CT molecular complexity index is 750. The first kappa shape index (κ1) is 13.5. The number of carbonyl (C=O) groups excluding carboxylic acids is 2. The van der Waals surface area contributed by atoms with Crippen LogP contribution in [-0.2, 0) is 0 Å². The Kier molecular flexibility index (Phi) is 3.11. The quantitative estimate of drug-likeness (QED) is 0.860. The SMILES string of the molecule is Cc1ccc2c(c1)C(=O)N(c1ccccc1C(C)N)C2=O. The molecular formula is C17H16N2O2. The fourth-order valence-electron chi connectivity index (χ4n) is 2.65. The molecule has 1 aliphatic rings. The zero-order valence-corrected chi connectivity index (χ0v) is 12.0. The van der Waals surface area contributed by atoms with Crippen molar-refractivity contribution in [2.75, 3.05) is 4.90 Å². The van der Waals surface area contributed by atoms with Crippen LogP contribution in [0.25, 0.3) is 0 Å². The van der Waals surface area contributed by atoms with E-state index in [4.69, 9.17) is 5.73 Å². The van der Waals surface area contributed by atoms with E-state index in [0.717, 1.165) is 11.1 Å². The Morgan fingerprint density at radius 2 is 1.67 bits per heavy atom. The summed E-state index contributed by atoms with van der Waals surface area (Å²) in [4.78, 5) is 26.4. The van der Waals surface area contributed by atoms with Gasteiger partial charge in [0, 0.05) is 6.04 Å². The topological polar surface area (TPSA) is 63.4 Å². The van der Waals surface area contributed by atoms with Gasteiger partial charge in [0.25, 0.3) is 11.8 Å². The number of nitrogens with two attached hydrogens (primary N) is 1. The molecule has 0 radical (unpaired) electrons. The Balaban J connectivity index is 2.15. The van der Waals surface area contributed by atoms with E-state index in [1.165, 1.54) is 4.90 Å². The number of nitrogens with zero attached hydrogens (tertiary/aromatic N) is 1. The summed E-state index contributed by atoms with van der Waals surface area (Å²) in [5.74, 6) is -0.574. The molecule has 0 saturated heterocycles. The molecule has 1 aliphatic heterocycles. The number of rotatable bonds is 2. The van der Waals surface area contributed by atoms with Crippen molar-refractivity contribution < 1.29 is 9.59 Å². The van der Waals surface area contributed by atoms with Crippen LogP contribution in [-0.4, -0.2) is 11.8 Å². The van der Waals surface area contributed by atoms with Crippen molar-refractivity contribution in [1.29, 1.82) is 0 Å². The number of benzene rings is 2. The molecule has 2 amide bonds. The molecule has 0 aliphatic carbocycles. The summed E-state index contributed by atoms with van der Waals surface area (Å²) < 4.78 is 0. The molecule has 3 rings (SSSR count). The Morgan fingerprint density at radius 1 is 1.00 bits per heavy atom. The highest BCUT2D eigenvalue weighted by molar-refractivity contribution is 6.34. The van der Waals surface area contributed by atoms with Crippen molar-refractivity contribution in [2.24, 2.45) is 5.73 Å². The molecule has 2 N–H and O–H groups in total. The highest BCUT2D eigenvalue weighted by Crippen LogP contribution is 2.33. The van der Waals surface area contributed by atoms with Crippen LogP contribution in [0.3, 0.4) is 0 Å². The van der Waals surface area contributed by atoms with Gasteiger partial charge >= 0.3 is 0 Å². The van der Waals surface area contributed by atoms with Crippen molar-refractivity contribution in [2.45, 2.75) is 19.9 Å². The summed E-state index contributed by atoms with van der Waals surface area (Å²) in [6.45, 7) is 3.73. The van der Waals surface area contributed by atoms with E-state index in [2.05, 4.69) is 0 Å². The molecule has 21 heavy (non-hydrogen) atoms.